The molecule has 6 heteroatoms. The molecule has 0 aromatic heterocycles. The second-order valence-corrected chi connectivity index (χ2v) is 8.07. The van der Waals surface area contributed by atoms with E-state index < -0.39 is 0 Å². The molecule has 1 N–H and O–H groups in total. The van der Waals surface area contributed by atoms with Crippen LogP contribution < -0.4 is 5.32 Å². The van der Waals surface area contributed by atoms with Crippen molar-refractivity contribution < 1.29 is 9.59 Å². The SMILES string of the molecule is Cc1ccc(C)c(SCC(=O)N2CCN(CC(=O)NC3CC3)CC2)c1. The monoisotopic (exact) mass is 361 g/mol. The average molecular weight is 362 g/mol. The van der Waals surface area contributed by atoms with Crippen molar-refractivity contribution in [3.8, 4) is 0 Å². The Hall–Kier alpha value is -1.53. The molecule has 1 saturated heterocycles. The lowest BCUT2D eigenvalue weighted by Crippen LogP contribution is -2.51. The summed E-state index contributed by atoms with van der Waals surface area (Å²) >= 11 is 1.62. The Kier molecular flexibility index (Phi) is 6.02. The number of carbonyl (C=O) groups excluding carboxylic acids is 2. The molecule has 2 amide bonds. The fourth-order valence-corrected chi connectivity index (χ4v) is 3.98. The molecule has 0 bridgehead atoms. The van der Waals surface area contributed by atoms with Crippen LogP contribution in [0.25, 0.3) is 0 Å². The summed E-state index contributed by atoms with van der Waals surface area (Å²) in [6, 6.07) is 6.76. The Morgan fingerprint density at radius 2 is 1.88 bits per heavy atom. The van der Waals surface area contributed by atoms with Crippen molar-refractivity contribution in [1.29, 1.82) is 0 Å². The average Bonchev–Trinajstić information content (AvgIpc) is 3.40. The molecule has 5 nitrogen and oxygen atoms in total. The van der Waals surface area contributed by atoms with E-state index in [0.717, 1.165) is 25.9 Å². The minimum atomic E-state index is 0.118. The highest BCUT2D eigenvalue weighted by Gasteiger charge is 2.26. The second kappa shape index (κ2) is 8.23. The zero-order valence-electron chi connectivity index (χ0n) is 15.1. The Morgan fingerprint density at radius 3 is 2.56 bits per heavy atom. The zero-order chi connectivity index (χ0) is 17.8. The van der Waals surface area contributed by atoms with Gasteiger partial charge >= 0.3 is 0 Å². The number of carbonyl (C=O) groups is 2. The van der Waals surface area contributed by atoms with Crippen LogP contribution in [-0.2, 0) is 9.59 Å². The summed E-state index contributed by atoms with van der Waals surface area (Å²) in [6.07, 6.45) is 2.23. The van der Waals surface area contributed by atoms with Gasteiger partial charge in [-0.2, -0.15) is 0 Å². The number of amides is 2. The van der Waals surface area contributed by atoms with Crippen molar-refractivity contribution in [3.05, 3.63) is 29.3 Å². The van der Waals surface area contributed by atoms with Gasteiger partial charge in [-0.1, -0.05) is 17.7 Å². The smallest absolute Gasteiger partial charge is 0.234 e. The van der Waals surface area contributed by atoms with E-state index in [-0.39, 0.29) is 11.8 Å². The quantitative estimate of drug-likeness (QED) is 0.786. The van der Waals surface area contributed by atoms with Crippen molar-refractivity contribution in [3.63, 3.8) is 0 Å². The molecule has 1 aromatic rings. The van der Waals surface area contributed by atoms with Gasteiger partial charge in [0.05, 0.1) is 12.3 Å². The van der Waals surface area contributed by atoms with Gasteiger partial charge in [-0.05, 0) is 38.3 Å². The minimum Gasteiger partial charge on any atom is -0.352 e. The van der Waals surface area contributed by atoms with E-state index in [0.29, 0.717) is 31.4 Å². The molecule has 0 atom stereocenters. The minimum absolute atomic E-state index is 0.118. The number of hydrogen-bond donors (Lipinski definition) is 1. The van der Waals surface area contributed by atoms with Crippen LogP contribution in [0.4, 0.5) is 0 Å². The third kappa shape index (κ3) is 5.47. The van der Waals surface area contributed by atoms with Gasteiger partial charge in [-0.3, -0.25) is 14.5 Å². The molecule has 0 spiro atoms. The Bertz CT molecular complexity index is 638. The first-order valence-corrected chi connectivity index (χ1v) is 9.99. The largest absolute Gasteiger partial charge is 0.352 e. The highest BCUT2D eigenvalue weighted by molar-refractivity contribution is 8.00. The molecular formula is C19H27N3O2S. The molecular weight excluding hydrogens is 334 g/mol. The van der Waals surface area contributed by atoms with Crippen molar-refractivity contribution in [2.24, 2.45) is 0 Å². The highest BCUT2D eigenvalue weighted by Crippen LogP contribution is 2.24. The van der Waals surface area contributed by atoms with E-state index in [1.807, 2.05) is 4.90 Å². The number of benzene rings is 1. The number of nitrogens with zero attached hydrogens (tertiary/aromatic N) is 2. The third-order valence-corrected chi connectivity index (χ3v) is 5.87. The molecule has 0 radical (unpaired) electrons. The maximum absolute atomic E-state index is 12.5. The Labute approximate surface area is 154 Å². The first kappa shape index (κ1) is 18.3. The normalized spacial score (nSPS) is 18.2. The van der Waals surface area contributed by atoms with Crippen LogP contribution in [0.3, 0.4) is 0 Å². The molecule has 1 aliphatic heterocycles. The third-order valence-electron chi connectivity index (χ3n) is 4.73. The molecule has 1 aromatic carbocycles. The Morgan fingerprint density at radius 1 is 1.16 bits per heavy atom. The summed E-state index contributed by atoms with van der Waals surface area (Å²) < 4.78 is 0. The maximum atomic E-state index is 12.5. The lowest BCUT2D eigenvalue weighted by Gasteiger charge is -2.34. The highest BCUT2D eigenvalue weighted by atomic mass is 32.2. The molecule has 3 rings (SSSR count). The van der Waals surface area contributed by atoms with Crippen molar-refractivity contribution in [1.82, 2.24) is 15.1 Å². The summed E-state index contributed by atoms with van der Waals surface area (Å²) in [6.45, 7) is 7.58. The summed E-state index contributed by atoms with van der Waals surface area (Å²) in [7, 11) is 0. The molecule has 25 heavy (non-hydrogen) atoms. The lowest BCUT2D eigenvalue weighted by atomic mass is 10.2. The zero-order valence-corrected chi connectivity index (χ0v) is 15.9. The topological polar surface area (TPSA) is 52.7 Å². The molecule has 2 fully saturated rings. The first-order chi connectivity index (χ1) is 12.0. The second-order valence-electron chi connectivity index (χ2n) is 7.06. The standard InChI is InChI=1S/C19H27N3O2S/c1-14-3-4-15(2)17(11-14)25-13-19(24)22-9-7-21(8-10-22)12-18(23)20-16-5-6-16/h3-4,11,16H,5-10,12-13H2,1-2H3,(H,20,23). The number of aryl methyl sites for hydroxylation is 2. The Balaban J connectivity index is 1.40. The van der Waals surface area contributed by atoms with Crippen LogP contribution in [0.5, 0.6) is 0 Å². The van der Waals surface area contributed by atoms with Crippen molar-refractivity contribution in [2.45, 2.75) is 37.6 Å². The summed E-state index contributed by atoms with van der Waals surface area (Å²) in [5.74, 6) is 0.785. The van der Waals surface area contributed by atoms with Crippen molar-refractivity contribution >= 4 is 23.6 Å². The van der Waals surface area contributed by atoms with Gasteiger partial charge in [0.2, 0.25) is 11.8 Å². The fraction of sp³-hybridized carbons (Fsp3) is 0.579. The predicted octanol–water partition coefficient (Wildman–Crippen LogP) is 1.82. The van der Waals surface area contributed by atoms with Crippen molar-refractivity contribution in [2.75, 3.05) is 38.5 Å². The van der Waals surface area contributed by atoms with E-state index in [1.54, 1.807) is 11.8 Å². The van der Waals surface area contributed by atoms with Crippen LogP contribution in [0, 0.1) is 13.8 Å². The predicted molar refractivity (Wildman–Crippen MR) is 101 cm³/mol. The van der Waals surface area contributed by atoms with E-state index in [4.69, 9.17) is 0 Å². The van der Waals surface area contributed by atoms with Gasteiger partial charge in [-0.25, -0.2) is 0 Å². The van der Waals surface area contributed by atoms with Crippen LogP contribution >= 0.6 is 11.8 Å². The van der Waals surface area contributed by atoms with E-state index >= 15 is 0 Å². The fourth-order valence-electron chi connectivity index (χ4n) is 2.95. The van der Waals surface area contributed by atoms with Crippen LogP contribution in [0.15, 0.2) is 23.1 Å². The van der Waals surface area contributed by atoms with Gasteiger partial charge in [0.15, 0.2) is 0 Å². The van der Waals surface area contributed by atoms with Gasteiger partial charge in [0.1, 0.15) is 0 Å². The molecule has 136 valence electrons. The van der Waals surface area contributed by atoms with Crippen LogP contribution in [-0.4, -0.2) is 66.1 Å². The number of piperazine rings is 1. The number of thioether (sulfide) groups is 1. The van der Waals surface area contributed by atoms with Gasteiger partial charge in [-0.15, -0.1) is 11.8 Å². The van der Waals surface area contributed by atoms with E-state index in [1.165, 1.54) is 16.0 Å². The summed E-state index contributed by atoms with van der Waals surface area (Å²) in [5.41, 5.74) is 2.44. The van der Waals surface area contributed by atoms with Crippen LogP contribution in [0.1, 0.15) is 24.0 Å². The summed E-state index contributed by atoms with van der Waals surface area (Å²) in [5, 5.41) is 3.02. The van der Waals surface area contributed by atoms with Gasteiger partial charge < -0.3 is 10.2 Å². The number of rotatable bonds is 6. The number of hydrogen-bond acceptors (Lipinski definition) is 4. The maximum Gasteiger partial charge on any atom is 0.234 e. The van der Waals surface area contributed by atoms with E-state index in [9.17, 15) is 9.59 Å². The molecule has 1 heterocycles. The van der Waals surface area contributed by atoms with E-state index in [2.05, 4.69) is 42.3 Å². The molecule has 1 saturated carbocycles. The lowest BCUT2D eigenvalue weighted by molar-refractivity contribution is -0.130. The molecule has 1 aliphatic carbocycles. The molecule has 2 aliphatic rings. The van der Waals surface area contributed by atoms with Crippen LogP contribution in [0.2, 0.25) is 0 Å². The number of nitrogens with one attached hydrogen (secondary N) is 1. The first-order valence-electron chi connectivity index (χ1n) is 9.01. The summed E-state index contributed by atoms with van der Waals surface area (Å²) in [4.78, 5) is 29.6. The van der Waals surface area contributed by atoms with Gasteiger partial charge in [0.25, 0.3) is 0 Å². The molecule has 0 unspecified atom stereocenters. The van der Waals surface area contributed by atoms with Gasteiger partial charge in [0, 0.05) is 37.1 Å².